The SMILES string of the molecule is Cc1ccc(C)c(NCN2C(=O)S/C(=C\c3ccc4c(c3)OCO4)C2=O)c1. The molecule has 4 rings (SSSR count). The van der Waals surface area contributed by atoms with Crippen molar-refractivity contribution in [3.8, 4) is 11.5 Å². The van der Waals surface area contributed by atoms with Gasteiger partial charge in [-0.1, -0.05) is 18.2 Å². The van der Waals surface area contributed by atoms with E-state index in [9.17, 15) is 9.59 Å². The average Bonchev–Trinajstić information content (AvgIpc) is 3.21. The van der Waals surface area contributed by atoms with Gasteiger partial charge >= 0.3 is 0 Å². The van der Waals surface area contributed by atoms with Crippen molar-refractivity contribution < 1.29 is 19.1 Å². The molecule has 138 valence electrons. The van der Waals surface area contributed by atoms with Gasteiger partial charge in [-0.3, -0.25) is 14.5 Å². The van der Waals surface area contributed by atoms with Gasteiger partial charge < -0.3 is 14.8 Å². The van der Waals surface area contributed by atoms with E-state index in [2.05, 4.69) is 5.32 Å². The molecule has 1 fully saturated rings. The first-order valence-corrected chi connectivity index (χ1v) is 9.29. The number of ether oxygens (including phenoxy) is 2. The molecular formula is C20H18N2O4S. The highest BCUT2D eigenvalue weighted by Gasteiger charge is 2.35. The van der Waals surface area contributed by atoms with Gasteiger partial charge in [0.1, 0.15) is 0 Å². The molecule has 2 aliphatic heterocycles. The summed E-state index contributed by atoms with van der Waals surface area (Å²) in [6, 6.07) is 11.4. The van der Waals surface area contributed by atoms with Crippen LogP contribution in [0, 0.1) is 13.8 Å². The van der Waals surface area contributed by atoms with Gasteiger partial charge in [0.05, 0.1) is 11.6 Å². The molecule has 0 aromatic heterocycles. The number of benzene rings is 2. The number of imide groups is 1. The van der Waals surface area contributed by atoms with Gasteiger partial charge in [0.15, 0.2) is 11.5 Å². The van der Waals surface area contributed by atoms with Crippen molar-refractivity contribution in [1.82, 2.24) is 4.90 Å². The molecule has 2 aliphatic rings. The molecule has 0 saturated carbocycles. The smallest absolute Gasteiger partial charge is 0.295 e. The Labute approximate surface area is 161 Å². The minimum absolute atomic E-state index is 0.132. The molecular weight excluding hydrogens is 364 g/mol. The lowest BCUT2D eigenvalue weighted by Crippen LogP contribution is -2.33. The van der Waals surface area contributed by atoms with Gasteiger partial charge in [-0.25, -0.2) is 0 Å². The Morgan fingerprint density at radius 2 is 1.93 bits per heavy atom. The fraction of sp³-hybridized carbons (Fsp3) is 0.200. The zero-order valence-electron chi connectivity index (χ0n) is 14.9. The van der Waals surface area contributed by atoms with E-state index in [1.807, 2.05) is 38.1 Å². The van der Waals surface area contributed by atoms with Crippen LogP contribution in [-0.2, 0) is 4.79 Å². The minimum Gasteiger partial charge on any atom is -0.454 e. The lowest BCUT2D eigenvalue weighted by molar-refractivity contribution is -0.122. The number of nitrogens with zero attached hydrogens (tertiary/aromatic N) is 1. The van der Waals surface area contributed by atoms with Crippen molar-refractivity contribution in [3.63, 3.8) is 0 Å². The van der Waals surface area contributed by atoms with Crippen LogP contribution in [0.15, 0.2) is 41.3 Å². The van der Waals surface area contributed by atoms with Crippen LogP contribution in [0.5, 0.6) is 11.5 Å². The van der Waals surface area contributed by atoms with Crippen molar-refractivity contribution in [2.75, 3.05) is 18.8 Å². The molecule has 1 saturated heterocycles. The summed E-state index contributed by atoms with van der Waals surface area (Å²) in [7, 11) is 0. The number of carbonyl (C=O) groups excluding carboxylic acids is 2. The standard InChI is InChI=1S/C20H18N2O4S/c1-12-3-4-13(2)15(7-12)21-10-22-19(23)18(27-20(22)24)9-14-5-6-16-17(8-14)26-11-25-16/h3-9,21H,10-11H2,1-2H3/b18-9-. The van der Waals surface area contributed by atoms with E-state index in [0.717, 1.165) is 34.1 Å². The molecule has 2 aromatic rings. The number of hydrogen-bond donors (Lipinski definition) is 1. The summed E-state index contributed by atoms with van der Waals surface area (Å²) in [4.78, 5) is 26.5. The molecule has 1 N–H and O–H groups in total. The first-order chi connectivity index (χ1) is 13.0. The summed E-state index contributed by atoms with van der Waals surface area (Å²) >= 11 is 0.939. The Morgan fingerprint density at radius 3 is 2.78 bits per heavy atom. The third kappa shape index (κ3) is 3.50. The van der Waals surface area contributed by atoms with Crippen LogP contribution in [0.4, 0.5) is 10.5 Å². The molecule has 0 bridgehead atoms. The molecule has 2 amide bonds. The van der Waals surface area contributed by atoms with Crippen molar-refractivity contribution in [2.45, 2.75) is 13.8 Å². The van der Waals surface area contributed by atoms with Crippen LogP contribution in [0.25, 0.3) is 6.08 Å². The van der Waals surface area contributed by atoms with Crippen LogP contribution < -0.4 is 14.8 Å². The zero-order chi connectivity index (χ0) is 19.0. The largest absolute Gasteiger partial charge is 0.454 e. The van der Waals surface area contributed by atoms with Gasteiger partial charge in [0.2, 0.25) is 6.79 Å². The van der Waals surface area contributed by atoms with Gasteiger partial charge in [0, 0.05) is 5.69 Å². The summed E-state index contributed by atoms with van der Waals surface area (Å²) < 4.78 is 10.6. The number of fused-ring (bicyclic) bond motifs is 1. The maximum Gasteiger partial charge on any atom is 0.295 e. The Bertz CT molecular complexity index is 970. The van der Waals surface area contributed by atoms with Gasteiger partial charge in [0.25, 0.3) is 11.1 Å². The van der Waals surface area contributed by atoms with Gasteiger partial charge in [-0.2, -0.15) is 0 Å². The monoisotopic (exact) mass is 382 g/mol. The third-order valence-electron chi connectivity index (χ3n) is 4.39. The second kappa shape index (κ2) is 7.00. The topological polar surface area (TPSA) is 67.9 Å². The summed E-state index contributed by atoms with van der Waals surface area (Å²) in [6.45, 7) is 4.31. The van der Waals surface area contributed by atoms with E-state index in [0.29, 0.717) is 16.4 Å². The lowest BCUT2D eigenvalue weighted by Gasteiger charge is -2.16. The lowest BCUT2D eigenvalue weighted by atomic mass is 10.1. The number of carbonyl (C=O) groups is 2. The number of amides is 2. The maximum absolute atomic E-state index is 12.6. The maximum atomic E-state index is 12.6. The van der Waals surface area contributed by atoms with Crippen LogP contribution >= 0.6 is 11.8 Å². The summed E-state index contributed by atoms with van der Waals surface area (Å²) in [6.07, 6.45) is 1.70. The highest BCUT2D eigenvalue weighted by molar-refractivity contribution is 8.18. The average molecular weight is 382 g/mol. The van der Waals surface area contributed by atoms with Crippen LogP contribution in [0.3, 0.4) is 0 Å². The molecule has 0 atom stereocenters. The number of hydrogen-bond acceptors (Lipinski definition) is 6. The van der Waals surface area contributed by atoms with E-state index in [1.165, 1.54) is 4.90 Å². The quantitative estimate of drug-likeness (QED) is 0.802. The Balaban J connectivity index is 1.49. The first kappa shape index (κ1) is 17.5. The molecule has 6 nitrogen and oxygen atoms in total. The van der Waals surface area contributed by atoms with Crippen LogP contribution in [0.1, 0.15) is 16.7 Å². The molecule has 27 heavy (non-hydrogen) atoms. The number of nitrogens with one attached hydrogen (secondary N) is 1. The second-order valence-corrected chi connectivity index (χ2v) is 7.37. The van der Waals surface area contributed by atoms with Crippen molar-refractivity contribution in [2.24, 2.45) is 0 Å². The fourth-order valence-corrected chi connectivity index (χ4v) is 3.72. The number of rotatable bonds is 4. The predicted octanol–water partition coefficient (Wildman–Crippen LogP) is 4.14. The second-order valence-electron chi connectivity index (χ2n) is 6.38. The zero-order valence-corrected chi connectivity index (χ0v) is 15.8. The number of thioether (sulfide) groups is 1. The molecule has 0 aliphatic carbocycles. The molecule has 2 aromatic carbocycles. The van der Waals surface area contributed by atoms with E-state index in [-0.39, 0.29) is 24.6 Å². The molecule has 2 heterocycles. The normalized spacial score (nSPS) is 17.1. The predicted molar refractivity (Wildman–Crippen MR) is 105 cm³/mol. The summed E-state index contributed by atoms with van der Waals surface area (Å²) in [5.74, 6) is 1.01. The van der Waals surface area contributed by atoms with E-state index in [4.69, 9.17) is 9.47 Å². The molecule has 0 radical (unpaired) electrons. The fourth-order valence-electron chi connectivity index (χ4n) is 2.88. The summed E-state index contributed by atoms with van der Waals surface area (Å²) in [5, 5.41) is 2.89. The minimum atomic E-state index is -0.305. The Hall–Kier alpha value is -2.93. The molecule has 0 spiro atoms. The first-order valence-electron chi connectivity index (χ1n) is 8.47. The van der Waals surface area contributed by atoms with Crippen molar-refractivity contribution in [1.29, 1.82) is 0 Å². The number of anilines is 1. The Kier molecular flexibility index (Phi) is 4.53. The highest BCUT2D eigenvalue weighted by atomic mass is 32.2. The molecule has 0 unspecified atom stereocenters. The van der Waals surface area contributed by atoms with Crippen LogP contribution in [-0.4, -0.2) is 29.5 Å². The van der Waals surface area contributed by atoms with Crippen molar-refractivity contribution >= 4 is 34.7 Å². The summed E-state index contributed by atoms with van der Waals surface area (Å²) in [5.41, 5.74) is 3.87. The highest BCUT2D eigenvalue weighted by Crippen LogP contribution is 2.36. The van der Waals surface area contributed by atoms with E-state index >= 15 is 0 Å². The molecule has 7 heteroatoms. The van der Waals surface area contributed by atoms with Crippen LogP contribution in [0.2, 0.25) is 0 Å². The van der Waals surface area contributed by atoms with Gasteiger partial charge in [-0.15, -0.1) is 0 Å². The van der Waals surface area contributed by atoms with Crippen molar-refractivity contribution in [3.05, 3.63) is 58.0 Å². The van der Waals surface area contributed by atoms with E-state index < -0.39 is 0 Å². The number of aryl methyl sites for hydroxylation is 2. The Morgan fingerprint density at radius 1 is 1.11 bits per heavy atom. The third-order valence-corrected chi connectivity index (χ3v) is 5.30. The van der Waals surface area contributed by atoms with E-state index in [1.54, 1.807) is 18.2 Å². The van der Waals surface area contributed by atoms with Gasteiger partial charge in [-0.05, 0) is 66.6 Å².